The molecule has 1 aromatic heterocycles. The summed E-state index contributed by atoms with van der Waals surface area (Å²) in [5.74, 6) is -0.147. The second-order valence-electron chi connectivity index (χ2n) is 5.63. The molecular formula is C16H19N5O2S. The highest BCUT2D eigenvalue weighted by atomic mass is 32.2. The first kappa shape index (κ1) is 16.5. The van der Waals surface area contributed by atoms with E-state index in [9.17, 15) is 9.59 Å². The molecule has 8 heteroatoms. The number of thioether (sulfide) groups is 1. The number of anilines is 1. The van der Waals surface area contributed by atoms with Crippen molar-refractivity contribution >= 4 is 29.3 Å². The average Bonchev–Trinajstić information content (AvgIpc) is 3.27. The number of nitrogens with zero attached hydrogens (tertiary/aromatic N) is 2. The van der Waals surface area contributed by atoms with Gasteiger partial charge < -0.3 is 10.6 Å². The van der Waals surface area contributed by atoms with Gasteiger partial charge in [-0.2, -0.15) is 5.10 Å². The largest absolute Gasteiger partial charge is 0.349 e. The predicted molar refractivity (Wildman–Crippen MR) is 91.9 cm³/mol. The Labute approximate surface area is 144 Å². The summed E-state index contributed by atoms with van der Waals surface area (Å²) in [4.78, 5) is 28.5. The van der Waals surface area contributed by atoms with Crippen molar-refractivity contribution in [2.45, 2.75) is 36.9 Å². The number of benzene rings is 1. The Hall–Kier alpha value is -2.35. The SMILES string of the molecule is O=C(CSc1ncn[nH]1)Nc1ccccc1C(=O)NC1CCCC1. The molecule has 1 aromatic carbocycles. The van der Waals surface area contributed by atoms with E-state index >= 15 is 0 Å². The number of nitrogens with one attached hydrogen (secondary N) is 3. The van der Waals surface area contributed by atoms with Gasteiger partial charge in [0, 0.05) is 6.04 Å². The molecule has 1 fully saturated rings. The molecule has 3 N–H and O–H groups in total. The molecule has 0 bridgehead atoms. The van der Waals surface area contributed by atoms with Gasteiger partial charge in [0.2, 0.25) is 5.91 Å². The number of para-hydroxylation sites is 1. The van der Waals surface area contributed by atoms with Gasteiger partial charge in [-0.3, -0.25) is 14.7 Å². The third kappa shape index (κ3) is 4.35. The molecule has 7 nitrogen and oxygen atoms in total. The minimum Gasteiger partial charge on any atom is -0.349 e. The molecule has 0 unspecified atom stereocenters. The van der Waals surface area contributed by atoms with Crippen LogP contribution in [0.15, 0.2) is 35.7 Å². The summed E-state index contributed by atoms with van der Waals surface area (Å²) < 4.78 is 0. The number of H-pyrrole nitrogens is 1. The summed E-state index contributed by atoms with van der Waals surface area (Å²) in [5, 5.41) is 12.8. The van der Waals surface area contributed by atoms with Crippen molar-refractivity contribution in [2.24, 2.45) is 0 Å². The maximum Gasteiger partial charge on any atom is 0.253 e. The van der Waals surface area contributed by atoms with Gasteiger partial charge in [-0.25, -0.2) is 4.98 Å². The van der Waals surface area contributed by atoms with Crippen LogP contribution in [0.5, 0.6) is 0 Å². The lowest BCUT2D eigenvalue weighted by Crippen LogP contribution is -2.33. The minimum atomic E-state index is -0.197. The number of hydrogen-bond acceptors (Lipinski definition) is 5. The van der Waals surface area contributed by atoms with Crippen LogP contribution in [0.3, 0.4) is 0 Å². The van der Waals surface area contributed by atoms with Crippen molar-refractivity contribution < 1.29 is 9.59 Å². The van der Waals surface area contributed by atoms with E-state index in [4.69, 9.17) is 0 Å². The highest BCUT2D eigenvalue weighted by Gasteiger charge is 2.20. The first-order valence-corrected chi connectivity index (χ1v) is 8.89. The molecule has 1 heterocycles. The van der Waals surface area contributed by atoms with Crippen molar-refractivity contribution in [2.75, 3.05) is 11.1 Å². The molecular weight excluding hydrogens is 326 g/mol. The number of aromatic amines is 1. The molecule has 1 saturated carbocycles. The van der Waals surface area contributed by atoms with Crippen LogP contribution in [0.25, 0.3) is 0 Å². The molecule has 0 aliphatic heterocycles. The van der Waals surface area contributed by atoms with Crippen molar-refractivity contribution in [3.8, 4) is 0 Å². The monoisotopic (exact) mass is 345 g/mol. The lowest BCUT2D eigenvalue weighted by Gasteiger charge is -2.14. The van der Waals surface area contributed by atoms with Crippen LogP contribution in [-0.4, -0.2) is 38.8 Å². The molecule has 24 heavy (non-hydrogen) atoms. The Morgan fingerprint density at radius 3 is 2.79 bits per heavy atom. The molecule has 2 aromatic rings. The summed E-state index contributed by atoms with van der Waals surface area (Å²) in [6.07, 6.45) is 5.75. The third-order valence-electron chi connectivity index (χ3n) is 3.87. The Kier molecular flexibility index (Phi) is 5.47. The second kappa shape index (κ2) is 7.96. The topological polar surface area (TPSA) is 99.8 Å². The predicted octanol–water partition coefficient (Wildman–Crippen LogP) is 2.21. The smallest absolute Gasteiger partial charge is 0.253 e. The molecule has 0 atom stereocenters. The Bertz CT molecular complexity index is 698. The summed E-state index contributed by atoms with van der Waals surface area (Å²) in [5.41, 5.74) is 1.01. The van der Waals surface area contributed by atoms with E-state index < -0.39 is 0 Å². The number of hydrogen-bond donors (Lipinski definition) is 3. The molecule has 126 valence electrons. The van der Waals surface area contributed by atoms with Crippen LogP contribution >= 0.6 is 11.8 Å². The van der Waals surface area contributed by atoms with Crippen LogP contribution in [0.2, 0.25) is 0 Å². The van der Waals surface area contributed by atoms with Crippen molar-refractivity contribution in [3.63, 3.8) is 0 Å². The summed E-state index contributed by atoms with van der Waals surface area (Å²) in [7, 11) is 0. The Morgan fingerprint density at radius 2 is 2.04 bits per heavy atom. The fourth-order valence-corrected chi connectivity index (χ4v) is 3.29. The standard InChI is InChI=1S/C16H19N5O2S/c22-14(9-24-16-17-10-18-21-16)20-13-8-4-3-7-12(13)15(23)19-11-5-1-2-6-11/h3-4,7-8,10-11H,1-2,5-6,9H2,(H,19,23)(H,20,22)(H,17,18,21). The molecule has 1 aliphatic rings. The molecule has 3 rings (SSSR count). The van der Waals surface area contributed by atoms with Crippen molar-refractivity contribution in [3.05, 3.63) is 36.2 Å². The Balaban J connectivity index is 1.60. The van der Waals surface area contributed by atoms with E-state index in [2.05, 4.69) is 25.8 Å². The van der Waals surface area contributed by atoms with Gasteiger partial charge in [0.05, 0.1) is 17.0 Å². The fraction of sp³-hybridized carbons (Fsp3) is 0.375. The van der Waals surface area contributed by atoms with Gasteiger partial charge in [-0.1, -0.05) is 36.7 Å². The highest BCUT2D eigenvalue weighted by molar-refractivity contribution is 7.99. The lowest BCUT2D eigenvalue weighted by molar-refractivity contribution is -0.113. The van der Waals surface area contributed by atoms with Gasteiger partial charge in [0.1, 0.15) is 6.33 Å². The van der Waals surface area contributed by atoms with Gasteiger partial charge in [0.25, 0.3) is 5.91 Å². The number of carbonyl (C=O) groups is 2. The normalized spacial score (nSPS) is 14.5. The third-order valence-corrected chi connectivity index (χ3v) is 4.75. The van der Waals surface area contributed by atoms with E-state index in [-0.39, 0.29) is 23.6 Å². The fourth-order valence-electron chi connectivity index (χ4n) is 2.71. The average molecular weight is 345 g/mol. The van der Waals surface area contributed by atoms with Crippen LogP contribution in [0.1, 0.15) is 36.0 Å². The number of amides is 2. The maximum atomic E-state index is 12.5. The summed E-state index contributed by atoms with van der Waals surface area (Å²) in [6.45, 7) is 0. The van der Waals surface area contributed by atoms with Crippen LogP contribution < -0.4 is 10.6 Å². The van der Waals surface area contributed by atoms with Gasteiger partial charge in [-0.15, -0.1) is 0 Å². The van der Waals surface area contributed by atoms with E-state index in [1.807, 2.05) is 0 Å². The van der Waals surface area contributed by atoms with Gasteiger partial charge in [0.15, 0.2) is 5.16 Å². The molecule has 0 spiro atoms. The van der Waals surface area contributed by atoms with E-state index in [1.54, 1.807) is 24.3 Å². The molecule has 1 aliphatic carbocycles. The van der Waals surface area contributed by atoms with E-state index in [0.29, 0.717) is 16.4 Å². The summed E-state index contributed by atoms with van der Waals surface area (Å²) in [6, 6.07) is 7.29. The first-order valence-electron chi connectivity index (χ1n) is 7.90. The second-order valence-corrected chi connectivity index (χ2v) is 6.59. The zero-order valence-corrected chi connectivity index (χ0v) is 13.9. The van der Waals surface area contributed by atoms with Crippen LogP contribution in [0.4, 0.5) is 5.69 Å². The first-order chi connectivity index (χ1) is 11.7. The molecule has 0 radical (unpaired) electrons. The van der Waals surface area contributed by atoms with E-state index in [0.717, 1.165) is 25.7 Å². The lowest BCUT2D eigenvalue weighted by atomic mass is 10.1. The van der Waals surface area contributed by atoms with Gasteiger partial charge >= 0.3 is 0 Å². The summed E-state index contributed by atoms with van der Waals surface area (Å²) >= 11 is 1.25. The Morgan fingerprint density at radius 1 is 1.25 bits per heavy atom. The quantitative estimate of drug-likeness (QED) is 0.697. The number of aromatic nitrogens is 3. The number of rotatable bonds is 6. The van der Waals surface area contributed by atoms with Crippen molar-refractivity contribution in [1.29, 1.82) is 0 Å². The van der Waals surface area contributed by atoms with E-state index in [1.165, 1.54) is 18.1 Å². The zero-order valence-electron chi connectivity index (χ0n) is 13.1. The number of carbonyl (C=O) groups excluding carboxylic acids is 2. The molecule has 2 amide bonds. The minimum absolute atomic E-state index is 0.138. The van der Waals surface area contributed by atoms with Crippen molar-refractivity contribution in [1.82, 2.24) is 20.5 Å². The highest BCUT2D eigenvalue weighted by Crippen LogP contribution is 2.20. The molecule has 0 saturated heterocycles. The zero-order chi connectivity index (χ0) is 16.8. The van der Waals surface area contributed by atoms with Gasteiger partial charge in [-0.05, 0) is 25.0 Å². The maximum absolute atomic E-state index is 12.5. The van der Waals surface area contributed by atoms with Crippen LogP contribution in [0, 0.1) is 0 Å². The van der Waals surface area contributed by atoms with Crippen LogP contribution in [-0.2, 0) is 4.79 Å².